The molecule has 1 saturated heterocycles. The van der Waals surface area contributed by atoms with E-state index in [0.717, 1.165) is 18.4 Å². The molecule has 5 nitrogen and oxygen atoms in total. The molecule has 1 aromatic heterocycles. The number of amides is 1. The standard InChI is InChI=1S/C19H19NO4S/c1-12(21)17-9-16(11-25-17)18(22)20-8-2-3-15(10-20)13-4-6-14(7-5-13)19(23)24/h4-7,9,11,15H,2-3,8,10H2,1H3,(H,23,24)/t15-/m1/s1. The lowest BCUT2D eigenvalue weighted by atomic mass is 9.90. The van der Waals surface area contributed by atoms with Gasteiger partial charge in [0.1, 0.15) is 0 Å². The number of ketones is 1. The molecule has 0 radical (unpaired) electrons. The summed E-state index contributed by atoms with van der Waals surface area (Å²) in [5.41, 5.74) is 1.89. The molecule has 0 unspecified atom stereocenters. The predicted octanol–water partition coefficient (Wildman–Crippen LogP) is 3.67. The van der Waals surface area contributed by atoms with Crippen LogP contribution in [0.15, 0.2) is 35.7 Å². The van der Waals surface area contributed by atoms with Crippen molar-refractivity contribution in [2.75, 3.05) is 13.1 Å². The van der Waals surface area contributed by atoms with Gasteiger partial charge in [0.25, 0.3) is 5.91 Å². The number of likely N-dealkylation sites (tertiary alicyclic amines) is 1. The van der Waals surface area contributed by atoms with Gasteiger partial charge in [0, 0.05) is 24.4 Å². The molecule has 0 spiro atoms. The number of Topliss-reactive ketones (excluding diaryl/α,β-unsaturated/α-hetero) is 1. The highest BCUT2D eigenvalue weighted by molar-refractivity contribution is 7.12. The molecule has 0 aliphatic carbocycles. The van der Waals surface area contributed by atoms with E-state index in [-0.39, 0.29) is 23.2 Å². The molecule has 1 atom stereocenters. The Kier molecular flexibility index (Phi) is 4.99. The summed E-state index contributed by atoms with van der Waals surface area (Å²) in [6, 6.07) is 8.55. The molecule has 0 saturated carbocycles. The SMILES string of the molecule is CC(=O)c1cc(C(=O)N2CCC[C@@H](c3ccc(C(=O)O)cc3)C2)cs1. The molecular weight excluding hydrogens is 338 g/mol. The van der Waals surface area contributed by atoms with Gasteiger partial charge in [0.15, 0.2) is 5.78 Å². The highest BCUT2D eigenvalue weighted by Gasteiger charge is 2.26. The van der Waals surface area contributed by atoms with Crippen molar-refractivity contribution in [3.05, 3.63) is 57.3 Å². The topological polar surface area (TPSA) is 74.7 Å². The van der Waals surface area contributed by atoms with E-state index in [0.29, 0.717) is 23.5 Å². The third kappa shape index (κ3) is 3.79. The van der Waals surface area contributed by atoms with Gasteiger partial charge in [-0.05, 0) is 43.5 Å². The molecule has 1 aliphatic rings. The van der Waals surface area contributed by atoms with Crippen LogP contribution in [0.1, 0.15) is 61.6 Å². The number of hydrogen-bond acceptors (Lipinski definition) is 4. The largest absolute Gasteiger partial charge is 0.478 e. The number of carbonyl (C=O) groups is 3. The van der Waals surface area contributed by atoms with Crippen molar-refractivity contribution < 1.29 is 19.5 Å². The van der Waals surface area contributed by atoms with Crippen molar-refractivity contribution in [2.45, 2.75) is 25.7 Å². The Morgan fingerprint density at radius 2 is 1.88 bits per heavy atom. The average molecular weight is 357 g/mol. The Bertz CT molecular complexity index is 809. The molecule has 0 bridgehead atoms. The fourth-order valence-electron chi connectivity index (χ4n) is 3.15. The van der Waals surface area contributed by atoms with Crippen molar-refractivity contribution in [3.63, 3.8) is 0 Å². The van der Waals surface area contributed by atoms with Gasteiger partial charge < -0.3 is 10.0 Å². The second-order valence-corrected chi connectivity index (χ2v) is 7.18. The van der Waals surface area contributed by atoms with Crippen LogP contribution in [0.2, 0.25) is 0 Å². The van der Waals surface area contributed by atoms with Crippen LogP contribution < -0.4 is 0 Å². The second-order valence-electron chi connectivity index (χ2n) is 6.27. The minimum atomic E-state index is -0.939. The van der Waals surface area contributed by atoms with E-state index in [2.05, 4.69) is 0 Å². The molecule has 2 heterocycles. The van der Waals surface area contributed by atoms with E-state index < -0.39 is 5.97 Å². The number of thiophene rings is 1. The summed E-state index contributed by atoms with van der Waals surface area (Å²) in [6.45, 7) is 2.81. The lowest BCUT2D eigenvalue weighted by molar-refractivity contribution is 0.0693. The molecule has 1 aliphatic heterocycles. The molecule has 2 aromatic rings. The van der Waals surface area contributed by atoms with Crippen molar-refractivity contribution in [3.8, 4) is 0 Å². The maximum atomic E-state index is 12.7. The summed E-state index contributed by atoms with van der Waals surface area (Å²) >= 11 is 1.30. The lowest BCUT2D eigenvalue weighted by Crippen LogP contribution is -2.39. The maximum Gasteiger partial charge on any atom is 0.335 e. The number of piperidine rings is 1. The number of benzene rings is 1. The van der Waals surface area contributed by atoms with Gasteiger partial charge >= 0.3 is 5.97 Å². The highest BCUT2D eigenvalue weighted by atomic mass is 32.1. The van der Waals surface area contributed by atoms with Gasteiger partial charge in [-0.3, -0.25) is 9.59 Å². The van der Waals surface area contributed by atoms with Crippen LogP contribution in [0.25, 0.3) is 0 Å². The molecule has 1 amide bonds. The number of carboxylic acids is 1. The number of carboxylic acid groups (broad SMARTS) is 1. The zero-order valence-electron chi connectivity index (χ0n) is 13.9. The molecule has 6 heteroatoms. The van der Waals surface area contributed by atoms with E-state index in [4.69, 9.17) is 5.11 Å². The number of nitrogens with zero attached hydrogens (tertiary/aromatic N) is 1. The van der Waals surface area contributed by atoms with Gasteiger partial charge in [-0.15, -0.1) is 11.3 Å². The smallest absolute Gasteiger partial charge is 0.335 e. The quantitative estimate of drug-likeness (QED) is 0.847. The first-order valence-corrected chi connectivity index (χ1v) is 9.05. The van der Waals surface area contributed by atoms with Gasteiger partial charge in [0.05, 0.1) is 16.0 Å². The fourth-order valence-corrected chi connectivity index (χ4v) is 3.93. The Morgan fingerprint density at radius 3 is 2.48 bits per heavy atom. The molecule has 130 valence electrons. The van der Waals surface area contributed by atoms with E-state index in [1.165, 1.54) is 18.3 Å². The number of hydrogen-bond donors (Lipinski definition) is 1. The zero-order chi connectivity index (χ0) is 18.0. The van der Waals surface area contributed by atoms with Crippen LogP contribution in [0.3, 0.4) is 0 Å². The molecule has 1 N–H and O–H groups in total. The third-order valence-corrected chi connectivity index (χ3v) is 5.56. The second kappa shape index (κ2) is 7.19. The normalized spacial score (nSPS) is 17.3. The first-order chi connectivity index (χ1) is 12.0. The predicted molar refractivity (Wildman–Crippen MR) is 95.6 cm³/mol. The van der Waals surface area contributed by atoms with Crippen LogP contribution in [0.4, 0.5) is 0 Å². The molecule has 3 rings (SSSR count). The summed E-state index contributed by atoms with van der Waals surface area (Å²) in [4.78, 5) is 37.5. The summed E-state index contributed by atoms with van der Waals surface area (Å²) in [5.74, 6) is -0.813. The van der Waals surface area contributed by atoms with Crippen molar-refractivity contribution in [1.82, 2.24) is 4.90 Å². The van der Waals surface area contributed by atoms with Crippen LogP contribution in [-0.4, -0.2) is 40.8 Å². The first kappa shape index (κ1) is 17.4. The van der Waals surface area contributed by atoms with Gasteiger partial charge in [-0.2, -0.15) is 0 Å². The monoisotopic (exact) mass is 357 g/mol. The number of carbonyl (C=O) groups excluding carboxylic acids is 2. The summed E-state index contributed by atoms with van der Waals surface area (Å²) in [6.07, 6.45) is 1.87. The Balaban J connectivity index is 1.72. The van der Waals surface area contributed by atoms with Crippen molar-refractivity contribution in [1.29, 1.82) is 0 Å². The van der Waals surface area contributed by atoms with Crippen LogP contribution in [-0.2, 0) is 0 Å². The average Bonchev–Trinajstić information content (AvgIpc) is 3.12. The van der Waals surface area contributed by atoms with Crippen LogP contribution in [0.5, 0.6) is 0 Å². The minimum absolute atomic E-state index is 0.0286. The van der Waals surface area contributed by atoms with Gasteiger partial charge in [-0.1, -0.05) is 12.1 Å². The number of aromatic carboxylic acids is 1. The molecule has 1 aromatic carbocycles. The van der Waals surface area contributed by atoms with E-state index >= 15 is 0 Å². The van der Waals surface area contributed by atoms with Crippen LogP contribution in [0, 0.1) is 0 Å². The van der Waals surface area contributed by atoms with Crippen molar-refractivity contribution >= 4 is 29.0 Å². The van der Waals surface area contributed by atoms with E-state index in [9.17, 15) is 14.4 Å². The number of rotatable bonds is 4. The summed E-state index contributed by atoms with van der Waals surface area (Å²) < 4.78 is 0. The van der Waals surface area contributed by atoms with Gasteiger partial charge in [-0.25, -0.2) is 4.79 Å². The fraction of sp³-hybridized carbons (Fsp3) is 0.316. The molecular formula is C19H19NO4S. The maximum absolute atomic E-state index is 12.7. The Morgan fingerprint density at radius 1 is 1.16 bits per heavy atom. The van der Waals surface area contributed by atoms with E-state index in [1.807, 2.05) is 17.0 Å². The Labute approximate surface area is 149 Å². The molecule has 1 fully saturated rings. The van der Waals surface area contributed by atoms with Crippen LogP contribution >= 0.6 is 11.3 Å². The first-order valence-electron chi connectivity index (χ1n) is 8.17. The highest BCUT2D eigenvalue weighted by Crippen LogP contribution is 2.28. The third-order valence-electron chi connectivity index (χ3n) is 4.53. The Hall–Kier alpha value is -2.47. The minimum Gasteiger partial charge on any atom is -0.478 e. The molecule has 25 heavy (non-hydrogen) atoms. The van der Waals surface area contributed by atoms with Gasteiger partial charge in [0.2, 0.25) is 0 Å². The summed E-state index contributed by atoms with van der Waals surface area (Å²) in [7, 11) is 0. The van der Waals surface area contributed by atoms with E-state index in [1.54, 1.807) is 23.6 Å². The summed E-state index contributed by atoms with van der Waals surface area (Å²) in [5, 5.41) is 10.7. The van der Waals surface area contributed by atoms with Crippen molar-refractivity contribution in [2.24, 2.45) is 0 Å². The zero-order valence-corrected chi connectivity index (χ0v) is 14.7. The lowest BCUT2D eigenvalue weighted by Gasteiger charge is -2.33.